The Morgan fingerprint density at radius 3 is 2.38 bits per heavy atom. The van der Waals surface area contributed by atoms with Gasteiger partial charge in [0.05, 0.1) is 0 Å². The fraction of sp³-hybridized carbons (Fsp3) is 0.500. The zero-order chi connectivity index (χ0) is 9.90. The Labute approximate surface area is 81.0 Å². The first-order chi connectivity index (χ1) is 6.11. The maximum atomic E-state index is 5.76. The van der Waals surface area contributed by atoms with Crippen LogP contribution in [0.4, 0.5) is 0 Å². The second-order valence-corrected chi connectivity index (χ2v) is 4.10. The van der Waals surface area contributed by atoms with E-state index in [1.807, 2.05) is 0 Å². The van der Waals surface area contributed by atoms with Gasteiger partial charge in [0.2, 0.25) is 0 Å². The van der Waals surface area contributed by atoms with Crippen molar-refractivity contribution in [3.05, 3.63) is 35.4 Å². The van der Waals surface area contributed by atoms with Crippen molar-refractivity contribution in [2.45, 2.75) is 32.6 Å². The Hall–Kier alpha value is -0.820. The van der Waals surface area contributed by atoms with Crippen LogP contribution in [-0.4, -0.2) is 6.54 Å². The average molecular weight is 177 g/mol. The van der Waals surface area contributed by atoms with Crippen LogP contribution in [0, 0.1) is 0 Å². The summed E-state index contributed by atoms with van der Waals surface area (Å²) < 4.78 is 0. The molecule has 0 aliphatic rings. The molecule has 0 bridgehead atoms. The summed E-state index contributed by atoms with van der Waals surface area (Å²) >= 11 is 0. The largest absolute Gasteiger partial charge is 0.330 e. The summed E-state index contributed by atoms with van der Waals surface area (Å²) in [7, 11) is 0. The fourth-order valence-electron chi connectivity index (χ4n) is 1.60. The SMILES string of the molecule is CCc1ccccc1C(C)(C)CN. The van der Waals surface area contributed by atoms with Gasteiger partial charge in [0.1, 0.15) is 0 Å². The summed E-state index contributed by atoms with van der Waals surface area (Å²) in [6.07, 6.45) is 1.08. The Balaban J connectivity index is 3.12. The van der Waals surface area contributed by atoms with Crippen LogP contribution in [0.1, 0.15) is 31.9 Å². The molecule has 0 fully saturated rings. The van der Waals surface area contributed by atoms with Crippen LogP contribution in [0.3, 0.4) is 0 Å². The lowest BCUT2D eigenvalue weighted by molar-refractivity contribution is 0.534. The van der Waals surface area contributed by atoms with Crippen LogP contribution in [0.25, 0.3) is 0 Å². The molecule has 72 valence electrons. The molecule has 2 N–H and O–H groups in total. The van der Waals surface area contributed by atoms with E-state index in [1.165, 1.54) is 11.1 Å². The Morgan fingerprint density at radius 2 is 1.85 bits per heavy atom. The lowest BCUT2D eigenvalue weighted by Crippen LogP contribution is -2.29. The maximum Gasteiger partial charge on any atom is 0.00217 e. The first-order valence-electron chi connectivity index (χ1n) is 4.90. The van der Waals surface area contributed by atoms with Gasteiger partial charge in [-0.2, -0.15) is 0 Å². The van der Waals surface area contributed by atoms with Gasteiger partial charge in [0, 0.05) is 12.0 Å². The Kier molecular flexibility index (Phi) is 3.10. The molecule has 0 aromatic heterocycles. The van der Waals surface area contributed by atoms with Crippen LogP contribution in [0.15, 0.2) is 24.3 Å². The van der Waals surface area contributed by atoms with Crippen molar-refractivity contribution in [3.8, 4) is 0 Å². The van der Waals surface area contributed by atoms with Crippen molar-refractivity contribution in [1.29, 1.82) is 0 Å². The van der Waals surface area contributed by atoms with Crippen LogP contribution in [0.2, 0.25) is 0 Å². The highest BCUT2D eigenvalue weighted by Gasteiger charge is 2.20. The van der Waals surface area contributed by atoms with Crippen molar-refractivity contribution >= 4 is 0 Å². The van der Waals surface area contributed by atoms with E-state index in [4.69, 9.17) is 5.73 Å². The molecule has 0 aliphatic heterocycles. The van der Waals surface area contributed by atoms with Crippen LogP contribution >= 0.6 is 0 Å². The van der Waals surface area contributed by atoms with Gasteiger partial charge in [-0.3, -0.25) is 0 Å². The topological polar surface area (TPSA) is 26.0 Å². The number of hydrogen-bond donors (Lipinski definition) is 1. The summed E-state index contributed by atoms with van der Waals surface area (Å²) in [5.41, 5.74) is 8.67. The van der Waals surface area contributed by atoms with Crippen molar-refractivity contribution in [1.82, 2.24) is 0 Å². The molecule has 1 aromatic carbocycles. The molecule has 0 unspecified atom stereocenters. The second kappa shape index (κ2) is 3.93. The summed E-state index contributed by atoms with van der Waals surface area (Å²) in [5.74, 6) is 0. The number of benzene rings is 1. The minimum absolute atomic E-state index is 0.104. The third kappa shape index (κ3) is 2.10. The lowest BCUT2D eigenvalue weighted by Gasteiger charge is -2.25. The molecule has 0 atom stereocenters. The smallest absolute Gasteiger partial charge is 0.00217 e. The van der Waals surface area contributed by atoms with Crippen molar-refractivity contribution in [2.75, 3.05) is 6.54 Å². The molecule has 1 nitrogen and oxygen atoms in total. The zero-order valence-electron chi connectivity index (χ0n) is 8.80. The summed E-state index contributed by atoms with van der Waals surface area (Å²) in [4.78, 5) is 0. The first-order valence-corrected chi connectivity index (χ1v) is 4.90. The molecular formula is C12H19N. The number of rotatable bonds is 3. The standard InChI is InChI=1S/C12H19N/c1-4-10-7-5-6-8-11(10)12(2,3)9-13/h5-8H,4,9,13H2,1-3H3. The van der Waals surface area contributed by atoms with Gasteiger partial charge in [-0.05, 0) is 17.5 Å². The Morgan fingerprint density at radius 1 is 1.23 bits per heavy atom. The minimum atomic E-state index is 0.104. The van der Waals surface area contributed by atoms with Gasteiger partial charge in [0.25, 0.3) is 0 Å². The first kappa shape index (κ1) is 10.3. The number of aryl methyl sites for hydroxylation is 1. The molecule has 0 spiro atoms. The zero-order valence-corrected chi connectivity index (χ0v) is 8.80. The highest BCUT2D eigenvalue weighted by molar-refractivity contribution is 5.33. The van der Waals surface area contributed by atoms with Gasteiger partial charge >= 0.3 is 0 Å². The second-order valence-electron chi connectivity index (χ2n) is 4.10. The fourth-order valence-corrected chi connectivity index (χ4v) is 1.60. The van der Waals surface area contributed by atoms with Gasteiger partial charge in [-0.25, -0.2) is 0 Å². The summed E-state index contributed by atoms with van der Waals surface area (Å²) in [6.45, 7) is 7.28. The van der Waals surface area contributed by atoms with Crippen molar-refractivity contribution in [2.24, 2.45) is 5.73 Å². The highest BCUT2D eigenvalue weighted by Crippen LogP contribution is 2.25. The van der Waals surface area contributed by atoms with E-state index in [-0.39, 0.29) is 5.41 Å². The number of nitrogens with two attached hydrogens (primary N) is 1. The molecule has 0 heterocycles. The molecule has 0 amide bonds. The summed E-state index contributed by atoms with van der Waals surface area (Å²) in [6, 6.07) is 8.55. The molecule has 1 heteroatoms. The quantitative estimate of drug-likeness (QED) is 0.754. The van der Waals surface area contributed by atoms with Crippen LogP contribution in [0.5, 0.6) is 0 Å². The van der Waals surface area contributed by atoms with Crippen LogP contribution < -0.4 is 5.73 Å². The molecule has 0 saturated heterocycles. The molecule has 0 saturated carbocycles. The lowest BCUT2D eigenvalue weighted by atomic mass is 9.81. The molecule has 1 aromatic rings. The predicted octanol–water partition coefficient (Wildman–Crippen LogP) is 2.49. The van der Waals surface area contributed by atoms with E-state index in [2.05, 4.69) is 45.0 Å². The molecule has 13 heavy (non-hydrogen) atoms. The van der Waals surface area contributed by atoms with Crippen molar-refractivity contribution in [3.63, 3.8) is 0 Å². The van der Waals surface area contributed by atoms with E-state index in [1.54, 1.807) is 0 Å². The third-order valence-corrected chi connectivity index (χ3v) is 2.64. The van der Waals surface area contributed by atoms with Crippen LogP contribution in [-0.2, 0) is 11.8 Å². The van der Waals surface area contributed by atoms with E-state index in [9.17, 15) is 0 Å². The van der Waals surface area contributed by atoms with E-state index in [0.717, 1.165) is 6.42 Å². The van der Waals surface area contributed by atoms with E-state index >= 15 is 0 Å². The normalized spacial score (nSPS) is 11.7. The molecule has 1 rings (SSSR count). The number of hydrogen-bond acceptors (Lipinski definition) is 1. The maximum absolute atomic E-state index is 5.76. The molecule has 0 aliphatic carbocycles. The minimum Gasteiger partial charge on any atom is -0.330 e. The molecule has 0 radical (unpaired) electrons. The van der Waals surface area contributed by atoms with Gasteiger partial charge in [0.15, 0.2) is 0 Å². The third-order valence-electron chi connectivity index (χ3n) is 2.64. The summed E-state index contributed by atoms with van der Waals surface area (Å²) in [5, 5.41) is 0. The Bertz CT molecular complexity index is 276. The van der Waals surface area contributed by atoms with Gasteiger partial charge in [-0.15, -0.1) is 0 Å². The monoisotopic (exact) mass is 177 g/mol. The van der Waals surface area contributed by atoms with E-state index < -0.39 is 0 Å². The molecular weight excluding hydrogens is 158 g/mol. The van der Waals surface area contributed by atoms with Gasteiger partial charge in [-0.1, -0.05) is 45.0 Å². The highest BCUT2D eigenvalue weighted by atomic mass is 14.6. The predicted molar refractivity (Wildman–Crippen MR) is 57.9 cm³/mol. The van der Waals surface area contributed by atoms with Crippen molar-refractivity contribution < 1.29 is 0 Å². The average Bonchev–Trinajstić information content (AvgIpc) is 2.18. The van der Waals surface area contributed by atoms with E-state index in [0.29, 0.717) is 6.54 Å². The van der Waals surface area contributed by atoms with Gasteiger partial charge < -0.3 is 5.73 Å².